The van der Waals surface area contributed by atoms with Crippen molar-refractivity contribution in [2.24, 2.45) is 0 Å². The Labute approximate surface area is 142 Å². The molecule has 0 spiro atoms. The topological polar surface area (TPSA) is 90.4 Å². The van der Waals surface area contributed by atoms with Crippen LogP contribution in [0, 0.1) is 0 Å². The predicted octanol–water partition coefficient (Wildman–Crippen LogP) is 3.74. The Morgan fingerprint density at radius 1 is 1.04 bits per heavy atom. The fourth-order valence-electron chi connectivity index (χ4n) is 2.43. The maximum Gasteiger partial charge on any atom is 0.322 e. The van der Waals surface area contributed by atoms with E-state index >= 15 is 0 Å². The van der Waals surface area contributed by atoms with Gasteiger partial charge in [-0.3, -0.25) is 10.1 Å². The Bertz CT molecular complexity index is 1040. The number of carbonyl (C=O) groups is 1. The van der Waals surface area contributed by atoms with Crippen LogP contribution in [0.4, 0.5) is 6.01 Å². The van der Waals surface area contributed by atoms with Crippen LogP contribution >= 0.6 is 0 Å². The van der Waals surface area contributed by atoms with Crippen LogP contribution < -0.4 is 10.1 Å². The lowest BCUT2D eigenvalue weighted by atomic mass is 10.2. The highest BCUT2D eigenvalue weighted by Crippen LogP contribution is 2.33. The van der Waals surface area contributed by atoms with Crippen molar-refractivity contribution in [3.05, 3.63) is 60.2 Å². The molecule has 0 saturated heterocycles. The second-order valence-electron chi connectivity index (χ2n) is 5.22. The lowest BCUT2D eigenvalue weighted by molar-refractivity contribution is 0.102. The minimum Gasteiger partial charge on any atom is -0.493 e. The fourth-order valence-corrected chi connectivity index (χ4v) is 2.43. The molecule has 7 nitrogen and oxygen atoms in total. The molecule has 4 aromatic rings. The largest absolute Gasteiger partial charge is 0.493 e. The number of para-hydroxylation sites is 1. The van der Waals surface area contributed by atoms with Crippen molar-refractivity contribution in [2.75, 3.05) is 12.4 Å². The molecule has 0 bridgehead atoms. The predicted molar refractivity (Wildman–Crippen MR) is 90.5 cm³/mol. The summed E-state index contributed by atoms with van der Waals surface area (Å²) in [6, 6.07) is 16.1. The van der Waals surface area contributed by atoms with Gasteiger partial charge in [0.15, 0.2) is 17.1 Å². The molecule has 0 aliphatic carbocycles. The number of amides is 1. The van der Waals surface area contributed by atoms with Gasteiger partial charge in [-0.25, -0.2) is 0 Å². The van der Waals surface area contributed by atoms with Crippen LogP contribution in [0.25, 0.3) is 22.6 Å². The molecule has 0 saturated carbocycles. The average Bonchev–Trinajstić information content (AvgIpc) is 3.28. The van der Waals surface area contributed by atoms with E-state index in [9.17, 15) is 4.79 Å². The smallest absolute Gasteiger partial charge is 0.322 e. The van der Waals surface area contributed by atoms with Crippen LogP contribution in [-0.4, -0.2) is 23.2 Å². The molecule has 25 heavy (non-hydrogen) atoms. The number of nitrogens with zero attached hydrogens (tertiary/aromatic N) is 2. The Kier molecular flexibility index (Phi) is 3.66. The summed E-state index contributed by atoms with van der Waals surface area (Å²) < 4.78 is 16.5. The summed E-state index contributed by atoms with van der Waals surface area (Å²) in [7, 11) is 1.57. The van der Waals surface area contributed by atoms with Crippen LogP contribution in [0.3, 0.4) is 0 Å². The number of rotatable bonds is 4. The monoisotopic (exact) mass is 335 g/mol. The number of aromatic nitrogens is 2. The molecular formula is C18H13N3O4. The molecule has 2 aromatic carbocycles. The second kappa shape index (κ2) is 6.12. The van der Waals surface area contributed by atoms with E-state index in [0.717, 1.165) is 5.39 Å². The molecular weight excluding hydrogens is 322 g/mol. The number of nitrogens with one attached hydrogen (secondary N) is 1. The lowest BCUT2D eigenvalue weighted by Crippen LogP contribution is -2.11. The zero-order valence-corrected chi connectivity index (χ0v) is 13.2. The highest BCUT2D eigenvalue weighted by atomic mass is 16.5. The highest BCUT2D eigenvalue weighted by molar-refractivity contribution is 6.03. The van der Waals surface area contributed by atoms with Gasteiger partial charge in [0.1, 0.15) is 0 Å². The molecule has 2 aromatic heterocycles. The zero-order valence-electron chi connectivity index (χ0n) is 13.2. The van der Waals surface area contributed by atoms with Gasteiger partial charge in [0, 0.05) is 10.9 Å². The van der Waals surface area contributed by atoms with Crippen molar-refractivity contribution in [1.29, 1.82) is 0 Å². The van der Waals surface area contributed by atoms with Gasteiger partial charge in [0.25, 0.3) is 11.8 Å². The van der Waals surface area contributed by atoms with Gasteiger partial charge in [0.05, 0.1) is 7.11 Å². The molecule has 1 amide bonds. The van der Waals surface area contributed by atoms with Crippen LogP contribution in [0.1, 0.15) is 10.4 Å². The van der Waals surface area contributed by atoms with E-state index in [1.54, 1.807) is 43.5 Å². The van der Waals surface area contributed by atoms with Gasteiger partial charge < -0.3 is 13.6 Å². The summed E-state index contributed by atoms with van der Waals surface area (Å²) >= 11 is 0. The molecule has 0 fully saturated rings. The van der Waals surface area contributed by atoms with Crippen molar-refractivity contribution >= 4 is 22.9 Å². The van der Waals surface area contributed by atoms with E-state index in [4.69, 9.17) is 13.6 Å². The third-order valence-electron chi connectivity index (χ3n) is 3.62. The van der Waals surface area contributed by atoms with Gasteiger partial charge >= 0.3 is 6.01 Å². The van der Waals surface area contributed by atoms with Crippen molar-refractivity contribution in [1.82, 2.24) is 10.2 Å². The number of carbonyl (C=O) groups excluding carboxylic acids is 1. The van der Waals surface area contributed by atoms with Crippen molar-refractivity contribution in [3.8, 4) is 17.4 Å². The number of furan rings is 1. The number of hydrogen-bond donors (Lipinski definition) is 1. The normalized spacial score (nSPS) is 10.8. The number of methoxy groups -OCH3 is 1. The summed E-state index contributed by atoms with van der Waals surface area (Å²) in [6.45, 7) is 0. The number of anilines is 1. The maximum absolute atomic E-state index is 12.1. The van der Waals surface area contributed by atoms with E-state index in [2.05, 4.69) is 15.5 Å². The summed E-state index contributed by atoms with van der Waals surface area (Å²) in [5.74, 6) is 0.844. The molecule has 0 aliphatic rings. The minimum atomic E-state index is -0.331. The van der Waals surface area contributed by atoms with Crippen LogP contribution in [0.5, 0.6) is 5.75 Å². The Morgan fingerprint density at radius 3 is 2.68 bits per heavy atom. The first-order chi connectivity index (χ1) is 12.2. The van der Waals surface area contributed by atoms with E-state index in [0.29, 0.717) is 22.7 Å². The van der Waals surface area contributed by atoms with Crippen LogP contribution in [0.15, 0.2) is 63.4 Å². The third-order valence-corrected chi connectivity index (χ3v) is 3.62. The third kappa shape index (κ3) is 2.83. The first-order valence-corrected chi connectivity index (χ1v) is 7.51. The zero-order chi connectivity index (χ0) is 17.2. The Hall–Kier alpha value is -3.61. The van der Waals surface area contributed by atoms with Crippen molar-refractivity contribution in [3.63, 3.8) is 0 Å². The second-order valence-corrected chi connectivity index (χ2v) is 5.22. The molecule has 0 atom stereocenters. The standard InChI is InChI=1S/C18H13N3O4/c1-23-13-9-5-8-12-10-14(24-15(12)13)17-20-21-18(25-17)19-16(22)11-6-3-2-4-7-11/h2-10H,1H3,(H,19,21,22). The Morgan fingerprint density at radius 2 is 1.88 bits per heavy atom. The van der Waals surface area contributed by atoms with Gasteiger partial charge in [0.2, 0.25) is 0 Å². The summed E-state index contributed by atoms with van der Waals surface area (Å²) in [5.41, 5.74) is 1.09. The quantitative estimate of drug-likeness (QED) is 0.611. The van der Waals surface area contributed by atoms with E-state index in [1.165, 1.54) is 0 Å². The summed E-state index contributed by atoms with van der Waals surface area (Å²) in [6.07, 6.45) is 0. The number of ether oxygens (including phenoxy) is 1. The van der Waals surface area contributed by atoms with Crippen LogP contribution in [-0.2, 0) is 0 Å². The number of hydrogen-bond acceptors (Lipinski definition) is 6. The maximum atomic E-state index is 12.1. The van der Waals surface area contributed by atoms with E-state index < -0.39 is 0 Å². The van der Waals surface area contributed by atoms with Gasteiger partial charge in [-0.15, -0.1) is 5.10 Å². The molecule has 0 radical (unpaired) electrons. The molecule has 124 valence electrons. The molecule has 0 unspecified atom stereocenters. The lowest BCUT2D eigenvalue weighted by Gasteiger charge is -1.99. The summed E-state index contributed by atoms with van der Waals surface area (Å²) in [4.78, 5) is 12.1. The molecule has 7 heteroatoms. The number of fused-ring (bicyclic) bond motifs is 1. The summed E-state index contributed by atoms with van der Waals surface area (Å²) in [5, 5.41) is 11.2. The van der Waals surface area contributed by atoms with Gasteiger partial charge in [-0.2, -0.15) is 0 Å². The molecule has 1 N–H and O–H groups in total. The number of benzene rings is 2. The molecule has 4 rings (SSSR count). The fraction of sp³-hybridized carbons (Fsp3) is 0.0556. The minimum absolute atomic E-state index is 0.00345. The first-order valence-electron chi connectivity index (χ1n) is 7.51. The van der Waals surface area contributed by atoms with Gasteiger partial charge in [-0.05, 0) is 24.3 Å². The highest BCUT2D eigenvalue weighted by Gasteiger charge is 2.17. The van der Waals surface area contributed by atoms with Crippen molar-refractivity contribution in [2.45, 2.75) is 0 Å². The van der Waals surface area contributed by atoms with Crippen LogP contribution in [0.2, 0.25) is 0 Å². The molecule has 0 aliphatic heterocycles. The first kappa shape index (κ1) is 14.9. The van der Waals surface area contributed by atoms with Gasteiger partial charge in [-0.1, -0.05) is 35.4 Å². The average molecular weight is 335 g/mol. The van der Waals surface area contributed by atoms with E-state index in [1.807, 2.05) is 18.2 Å². The molecule has 2 heterocycles. The van der Waals surface area contributed by atoms with E-state index in [-0.39, 0.29) is 17.8 Å². The SMILES string of the molecule is COc1cccc2cc(-c3nnc(NC(=O)c4ccccc4)o3)oc12. The van der Waals surface area contributed by atoms with Crippen molar-refractivity contribution < 1.29 is 18.4 Å². The Balaban J connectivity index is 1.60.